The molecular formula is C18H22N6O. The van der Waals surface area contributed by atoms with E-state index in [1.807, 2.05) is 12.1 Å². The highest BCUT2D eigenvalue weighted by molar-refractivity contribution is 6.08. The quantitative estimate of drug-likeness (QED) is 0.532. The second kappa shape index (κ2) is 7.76. The summed E-state index contributed by atoms with van der Waals surface area (Å²) >= 11 is 0. The lowest BCUT2D eigenvalue weighted by molar-refractivity contribution is 0.476. The largest absolute Gasteiger partial charge is 0.507 e. The van der Waals surface area contributed by atoms with Crippen molar-refractivity contribution >= 4 is 17.6 Å². The lowest BCUT2D eigenvalue weighted by atomic mass is 10.0. The summed E-state index contributed by atoms with van der Waals surface area (Å²) in [5, 5.41) is 32.8. The van der Waals surface area contributed by atoms with Crippen LogP contribution >= 0.6 is 0 Å². The average molecular weight is 338 g/mol. The monoisotopic (exact) mass is 338 g/mol. The number of nitrogens with two attached hydrogens (primary N) is 1. The fourth-order valence-corrected chi connectivity index (χ4v) is 2.88. The Bertz CT molecular complexity index is 766. The molecule has 0 radical (unpaired) electrons. The molecule has 7 heteroatoms. The van der Waals surface area contributed by atoms with Gasteiger partial charge in [-0.05, 0) is 55.8 Å². The number of aromatic nitrogens is 2. The third-order valence-electron chi connectivity index (χ3n) is 4.30. The van der Waals surface area contributed by atoms with Crippen molar-refractivity contribution in [1.82, 2.24) is 15.5 Å². The normalized spacial score (nSPS) is 15.8. The first kappa shape index (κ1) is 16.9. The van der Waals surface area contributed by atoms with Gasteiger partial charge in [-0.1, -0.05) is 6.07 Å². The highest BCUT2D eigenvalue weighted by atomic mass is 16.3. The van der Waals surface area contributed by atoms with Crippen molar-refractivity contribution in [3.8, 4) is 17.0 Å². The summed E-state index contributed by atoms with van der Waals surface area (Å²) < 4.78 is 0. The van der Waals surface area contributed by atoms with Crippen LogP contribution in [0.15, 0.2) is 36.5 Å². The van der Waals surface area contributed by atoms with Crippen LogP contribution in [0.2, 0.25) is 0 Å². The van der Waals surface area contributed by atoms with Gasteiger partial charge in [0, 0.05) is 29.6 Å². The number of anilines is 1. The Hall–Kier alpha value is -2.93. The molecule has 0 bridgehead atoms. The predicted molar refractivity (Wildman–Crippen MR) is 99.6 cm³/mol. The molecule has 1 aliphatic rings. The maximum Gasteiger partial charge on any atom is 0.148 e. The molecule has 1 aromatic heterocycles. The van der Waals surface area contributed by atoms with Crippen molar-refractivity contribution in [2.45, 2.75) is 18.9 Å². The molecular weight excluding hydrogens is 316 g/mol. The van der Waals surface area contributed by atoms with Gasteiger partial charge >= 0.3 is 0 Å². The van der Waals surface area contributed by atoms with E-state index in [9.17, 15) is 5.11 Å². The summed E-state index contributed by atoms with van der Waals surface area (Å²) in [6.07, 6.45) is 4.61. The van der Waals surface area contributed by atoms with Crippen LogP contribution in [0.3, 0.4) is 0 Å². The van der Waals surface area contributed by atoms with Gasteiger partial charge in [-0.15, -0.1) is 10.2 Å². The van der Waals surface area contributed by atoms with E-state index in [0.29, 0.717) is 28.4 Å². The summed E-state index contributed by atoms with van der Waals surface area (Å²) in [4.78, 5) is 0. The number of hydrogen-bond acceptors (Lipinski definition) is 7. The van der Waals surface area contributed by atoms with Crippen molar-refractivity contribution < 1.29 is 5.11 Å². The molecule has 2 aromatic rings. The van der Waals surface area contributed by atoms with Crippen LogP contribution in [-0.2, 0) is 0 Å². The van der Waals surface area contributed by atoms with Gasteiger partial charge in [-0.2, -0.15) is 0 Å². The molecule has 0 atom stereocenters. The van der Waals surface area contributed by atoms with Gasteiger partial charge in [-0.3, -0.25) is 0 Å². The average Bonchev–Trinajstić information content (AvgIpc) is 2.65. The maximum atomic E-state index is 10.3. The number of piperidine rings is 1. The number of aromatic hydroxyl groups is 1. The third kappa shape index (κ3) is 3.95. The van der Waals surface area contributed by atoms with E-state index in [-0.39, 0.29) is 5.75 Å². The van der Waals surface area contributed by atoms with Gasteiger partial charge in [-0.25, -0.2) is 0 Å². The Labute approximate surface area is 146 Å². The van der Waals surface area contributed by atoms with E-state index in [2.05, 4.69) is 20.8 Å². The molecule has 0 aliphatic carbocycles. The van der Waals surface area contributed by atoms with Crippen LogP contribution in [0.5, 0.6) is 5.75 Å². The van der Waals surface area contributed by atoms with Crippen LogP contribution in [0.1, 0.15) is 18.4 Å². The molecule has 7 nitrogen and oxygen atoms in total. The van der Waals surface area contributed by atoms with Crippen LogP contribution in [0.25, 0.3) is 16.8 Å². The molecule has 1 aromatic carbocycles. The van der Waals surface area contributed by atoms with Crippen LogP contribution in [-0.4, -0.2) is 40.6 Å². The standard InChI is InChI=1S/C18H22N6O/c19-10-13(11-20)12-1-2-15(17(25)9-12)16-3-4-18(24-23-16)22-14-5-7-21-8-6-14/h1-4,9-11,14,19,21,25H,5-8,20H2,(H,22,24). The predicted octanol–water partition coefficient (Wildman–Crippen LogP) is 1.96. The van der Waals surface area contributed by atoms with Crippen molar-refractivity contribution in [3.05, 3.63) is 42.1 Å². The Morgan fingerprint density at radius 2 is 2.04 bits per heavy atom. The lowest BCUT2D eigenvalue weighted by Gasteiger charge is -2.23. The maximum absolute atomic E-state index is 10.3. The van der Waals surface area contributed by atoms with Gasteiger partial charge in [0.05, 0.1) is 5.69 Å². The summed E-state index contributed by atoms with van der Waals surface area (Å²) in [7, 11) is 0. The zero-order valence-electron chi connectivity index (χ0n) is 13.9. The number of benzene rings is 1. The fraction of sp³-hybridized carbons (Fsp3) is 0.278. The molecule has 0 amide bonds. The number of allylic oxidation sites excluding steroid dienone is 1. The van der Waals surface area contributed by atoms with E-state index in [0.717, 1.165) is 38.0 Å². The SMILES string of the molecule is N=CC(=CN)c1ccc(-c2ccc(NC3CCNCC3)nn2)c(O)c1. The minimum absolute atomic E-state index is 0.0760. The first-order valence-corrected chi connectivity index (χ1v) is 8.28. The van der Waals surface area contributed by atoms with Crippen LogP contribution < -0.4 is 16.4 Å². The van der Waals surface area contributed by atoms with Crippen molar-refractivity contribution in [2.75, 3.05) is 18.4 Å². The molecule has 1 aliphatic heterocycles. The third-order valence-corrected chi connectivity index (χ3v) is 4.30. The second-order valence-corrected chi connectivity index (χ2v) is 5.97. The van der Waals surface area contributed by atoms with Crippen LogP contribution in [0, 0.1) is 5.41 Å². The highest BCUT2D eigenvalue weighted by Crippen LogP contribution is 2.30. The first-order valence-electron chi connectivity index (χ1n) is 8.28. The zero-order chi connectivity index (χ0) is 17.6. The minimum Gasteiger partial charge on any atom is -0.507 e. The molecule has 3 rings (SSSR count). The first-order chi connectivity index (χ1) is 12.2. The van der Waals surface area contributed by atoms with Crippen molar-refractivity contribution in [3.63, 3.8) is 0 Å². The smallest absolute Gasteiger partial charge is 0.148 e. The van der Waals surface area contributed by atoms with Gasteiger partial charge in [0.1, 0.15) is 11.6 Å². The van der Waals surface area contributed by atoms with Crippen LogP contribution in [0.4, 0.5) is 5.82 Å². The number of nitrogens with one attached hydrogen (secondary N) is 3. The summed E-state index contributed by atoms with van der Waals surface area (Å²) in [5.41, 5.74) is 7.87. The Kier molecular flexibility index (Phi) is 5.25. The Morgan fingerprint density at radius 1 is 1.24 bits per heavy atom. The van der Waals surface area contributed by atoms with Crippen molar-refractivity contribution in [2.24, 2.45) is 5.73 Å². The molecule has 0 saturated carbocycles. The van der Waals surface area contributed by atoms with Gasteiger partial charge < -0.3 is 26.9 Å². The van der Waals surface area contributed by atoms with Gasteiger partial charge in [0.15, 0.2) is 0 Å². The van der Waals surface area contributed by atoms with E-state index in [4.69, 9.17) is 11.1 Å². The van der Waals surface area contributed by atoms with Crippen molar-refractivity contribution in [1.29, 1.82) is 5.41 Å². The number of nitrogens with zero attached hydrogens (tertiary/aromatic N) is 2. The Balaban J connectivity index is 1.76. The molecule has 0 spiro atoms. The summed E-state index contributed by atoms with van der Waals surface area (Å²) in [6.45, 7) is 2.02. The molecule has 0 unspecified atom stereocenters. The summed E-state index contributed by atoms with van der Waals surface area (Å²) in [5.74, 6) is 0.816. The molecule has 1 saturated heterocycles. The van der Waals surface area contributed by atoms with E-state index >= 15 is 0 Å². The summed E-state index contributed by atoms with van der Waals surface area (Å²) in [6, 6.07) is 9.24. The number of phenolic OH excluding ortho intramolecular Hbond substituents is 1. The van der Waals surface area contributed by atoms with Gasteiger partial charge in [0.2, 0.25) is 0 Å². The number of phenols is 1. The molecule has 25 heavy (non-hydrogen) atoms. The number of hydrogen-bond donors (Lipinski definition) is 5. The lowest BCUT2D eigenvalue weighted by Crippen LogP contribution is -2.35. The second-order valence-electron chi connectivity index (χ2n) is 5.97. The Morgan fingerprint density at radius 3 is 2.64 bits per heavy atom. The zero-order valence-corrected chi connectivity index (χ0v) is 13.9. The number of rotatable bonds is 5. The topological polar surface area (TPSA) is 120 Å². The fourth-order valence-electron chi connectivity index (χ4n) is 2.88. The minimum atomic E-state index is 0.0760. The highest BCUT2D eigenvalue weighted by Gasteiger charge is 2.14. The molecule has 1 fully saturated rings. The van der Waals surface area contributed by atoms with E-state index in [1.54, 1.807) is 18.2 Å². The molecule has 130 valence electrons. The molecule has 6 N–H and O–H groups in total. The molecule has 2 heterocycles. The van der Waals surface area contributed by atoms with E-state index < -0.39 is 0 Å². The van der Waals surface area contributed by atoms with E-state index in [1.165, 1.54) is 6.20 Å². The van der Waals surface area contributed by atoms with Gasteiger partial charge in [0.25, 0.3) is 0 Å².